The highest BCUT2D eigenvalue weighted by Crippen LogP contribution is 2.38. The molecule has 0 aliphatic carbocycles. The molecule has 1 aliphatic rings. The number of nitrogens with zero attached hydrogens (tertiary/aromatic N) is 2. The highest BCUT2D eigenvalue weighted by Gasteiger charge is 2.20. The van der Waals surface area contributed by atoms with Gasteiger partial charge in [0.15, 0.2) is 11.5 Å². The van der Waals surface area contributed by atoms with Crippen molar-refractivity contribution in [1.82, 2.24) is 9.80 Å². The molecule has 7 nitrogen and oxygen atoms in total. The Morgan fingerprint density at radius 1 is 0.875 bits per heavy atom. The number of aliphatic hydroxyl groups excluding tert-OH is 1. The molecule has 8 heteroatoms. The predicted molar refractivity (Wildman–Crippen MR) is 125 cm³/mol. The molecule has 3 rings (SSSR count). The maximum Gasteiger partial charge on any atom is 0.203 e. The summed E-state index contributed by atoms with van der Waals surface area (Å²) in [5, 5.41) is 11.2. The Kier molecular flexibility index (Phi) is 9.44. The Bertz CT molecular complexity index is 816. The van der Waals surface area contributed by atoms with Crippen molar-refractivity contribution >= 4 is 11.6 Å². The van der Waals surface area contributed by atoms with Crippen LogP contribution >= 0.6 is 11.6 Å². The molecule has 1 aliphatic heterocycles. The van der Waals surface area contributed by atoms with Crippen molar-refractivity contribution in [3.8, 4) is 17.2 Å². The van der Waals surface area contributed by atoms with E-state index in [1.165, 1.54) is 5.56 Å². The van der Waals surface area contributed by atoms with Gasteiger partial charge < -0.3 is 24.1 Å². The fourth-order valence-corrected chi connectivity index (χ4v) is 3.99. The van der Waals surface area contributed by atoms with E-state index in [9.17, 15) is 5.11 Å². The van der Waals surface area contributed by atoms with E-state index in [0.29, 0.717) is 30.4 Å². The predicted octanol–water partition coefficient (Wildman–Crippen LogP) is 3.06. The number of piperazine rings is 1. The molecule has 0 radical (unpaired) electrons. The van der Waals surface area contributed by atoms with Crippen LogP contribution < -0.4 is 14.2 Å². The molecule has 176 valence electrons. The third kappa shape index (κ3) is 6.98. The summed E-state index contributed by atoms with van der Waals surface area (Å²) in [7, 11) is 4.74. The van der Waals surface area contributed by atoms with Gasteiger partial charge in [0, 0.05) is 44.3 Å². The molecule has 1 heterocycles. The molecule has 1 atom stereocenters. The van der Waals surface area contributed by atoms with Crippen LogP contribution in [0.4, 0.5) is 0 Å². The minimum Gasteiger partial charge on any atom is -0.493 e. The standard InChI is InChI=1S/C24H33ClN2O5/c1-29-22-12-19(13-23(30-2)24(22)31-3)16-32-17-21(28)15-27-10-8-26(9-11-27)14-18-4-6-20(25)7-5-18/h4-7,12-13,21,28H,8-11,14-17H2,1-3H3/t21-/m1/s1. The van der Waals surface area contributed by atoms with Crippen LogP contribution in [0.2, 0.25) is 5.02 Å². The molecular formula is C24H33ClN2O5. The van der Waals surface area contributed by atoms with E-state index in [1.807, 2.05) is 24.3 Å². The van der Waals surface area contributed by atoms with Crippen LogP contribution in [0, 0.1) is 0 Å². The number of aliphatic hydroxyl groups is 1. The maximum atomic E-state index is 10.4. The number of hydrogen-bond donors (Lipinski definition) is 1. The van der Waals surface area contributed by atoms with Crippen LogP contribution in [0.5, 0.6) is 17.2 Å². The lowest BCUT2D eigenvalue weighted by atomic mass is 10.2. The summed E-state index contributed by atoms with van der Waals surface area (Å²) >= 11 is 5.96. The Morgan fingerprint density at radius 2 is 1.47 bits per heavy atom. The van der Waals surface area contributed by atoms with Crippen molar-refractivity contribution in [3.05, 3.63) is 52.5 Å². The van der Waals surface area contributed by atoms with Gasteiger partial charge in [-0.2, -0.15) is 0 Å². The van der Waals surface area contributed by atoms with Crippen molar-refractivity contribution in [2.45, 2.75) is 19.3 Å². The van der Waals surface area contributed by atoms with E-state index in [-0.39, 0.29) is 6.61 Å². The monoisotopic (exact) mass is 464 g/mol. The number of rotatable bonds is 11. The number of halogens is 1. The molecule has 0 unspecified atom stereocenters. The van der Waals surface area contributed by atoms with Crippen LogP contribution in [0.1, 0.15) is 11.1 Å². The van der Waals surface area contributed by atoms with Gasteiger partial charge in [-0.15, -0.1) is 0 Å². The SMILES string of the molecule is COc1cc(COC[C@H](O)CN2CCN(Cc3ccc(Cl)cc3)CC2)cc(OC)c1OC. The minimum atomic E-state index is -0.542. The Balaban J connectivity index is 1.39. The Hall–Kier alpha value is -2.03. The lowest BCUT2D eigenvalue weighted by molar-refractivity contribution is 0.000808. The van der Waals surface area contributed by atoms with Gasteiger partial charge in [0.25, 0.3) is 0 Å². The van der Waals surface area contributed by atoms with Crippen LogP contribution in [0.3, 0.4) is 0 Å². The van der Waals surface area contributed by atoms with Gasteiger partial charge in [-0.05, 0) is 35.4 Å². The molecule has 1 N–H and O–H groups in total. The minimum absolute atomic E-state index is 0.266. The van der Waals surface area contributed by atoms with Gasteiger partial charge in [0.2, 0.25) is 5.75 Å². The van der Waals surface area contributed by atoms with E-state index in [1.54, 1.807) is 21.3 Å². The first-order chi connectivity index (χ1) is 15.5. The molecular weight excluding hydrogens is 432 g/mol. The number of β-amino-alcohol motifs (C(OH)–C–C–N with tert-alkyl or cyclic N) is 1. The summed E-state index contributed by atoms with van der Waals surface area (Å²) in [4.78, 5) is 4.71. The van der Waals surface area contributed by atoms with Crippen molar-refractivity contribution in [2.75, 3.05) is 60.7 Å². The molecule has 0 spiro atoms. The quantitative estimate of drug-likeness (QED) is 0.548. The fraction of sp³-hybridized carbons (Fsp3) is 0.500. The van der Waals surface area contributed by atoms with Crippen molar-refractivity contribution in [1.29, 1.82) is 0 Å². The second kappa shape index (κ2) is 12.3. The summed E-state index contributed by atoms with van der Waals surface area (Å²) in [6.07, 6.45) is -0.542. The first kappa shape index (κ1) is 24.6. The summed E-state index contributed by atoms with van der Waals surface area (Å²) in [5.41, 5.74) is 2.16. The molecule has 0 aromatic heterocycles. The third-order valence-electron chi connectivity index (χ3n) is 5.56. The molecule has 0 saturated carbocycles. The van der Waals surface area contributed by atoms with Gasteiger partial charge in [-0.25, -0.2) is 0 Å². The van der Waals surface area contributed by atoms with E-state index in [2.05, 4.69) is 21.9 Å². The van der Waals surface area contributed by atoms with Crippen molar-refractivity contribution in [3.63, 3.8) is 0 Å². The largest absolute Gasteiger partial charge is 0.493 e. The number of benzene rings is 2. The average Bonchev–Trinajstić information content (AvgIpc) is 2.81. The lowest BCUT2D eigenvalue weighted by Crippen LogP contribution is -2.48. The molecule has 2 aromatic carbocycles. The molecule has 1 saturated heterocycles. The van der Waals surface area contributed by atoms with Gasteiger partial charge in [-0.3, -0.25) is 9.80 Å². The normalized spacial score (nSPS) is 16.0. The van der Waals surface area contributed by atoms with Crippen LogP contribution in [0.25, 0.3) is 0 Å². The zero-order valence-corrected chi connectivity index (χ0v) is 19.8. The van der Waals surface area contributed by atoms with E-state index < -0.39 is 6.10 Å². The van der Waals surface area contributed by atoms with E-state index in [4.69, 9.17) is 30.5 Å². The number of methoxy groups -OCH3 is 3. The lowest BCUT2D eigenvalue weighted by Gasteiger charge is -2.35. The smallest absolute Gasteiger partial charge is 0.203 e. The van der Waals surface area contributed by atoms with Gasteiger partial charge in [0.05, 0.1) is 40.6 Å². The maximum absolute atomic E-state index is 10.4. The second-order valence-corrected chi connectivity index (χ2v) is 8.34. The third-order valence-corrected chi connectivity index (χ3v) is 5.81. The summed E-state index contributed by atoms with van der Waals surface area (Å²) < 4.78 is 21.8. The van der Waals surface area contributed by atoms with Crippen LogP contribution in [-0.2, 0) is 17.9 Å². The first-order valence-electron chi connectivity index (χ1n) is 10.8. The summed E-state index contributed by atoms with van der Waals surface area (Å²) in [6, 6.07) is 11.7. The summed E-state index contributed by atoms with van der Waals surface area (Å²) in [5.74, 6) is 1.72. The summed E-state index contributed by atoms with van der Waals surface area (Å²) in [6.45, 7) is 5.94. The average molecular weight is 465 g/mol. The van der Waals surface area contributed by atoms with Crippen LogP contribution in [-0.4, -0.2) is 81.7 Å². The van der Waals surface area contributed by atoms with Gasteiger partial charge >= 0.3 is 0 Å². The molecule has 2 aromatic rings. The highest BCUT2D eigenvalue weighted by molar-refractivity contribution is 6.30. The topological polar surface area (TPSA) is 63.6 Å². The Morgan fingerprint density at radius 3 is 2.03 bits per heavy atom. The zero-order chi connectivity index (χ0) is 22.9. The van der Waals surface area contributed by atoms with E-state index >= 15 is 0 Å². The van der Waals surface area contributed by atoms with Crippen LogP contribution in [0.15, 0.2) is 36.4 Å². The highest BCUT2D eigenvalue weighted by atomic mass is 35.5. The zero-order valence-electron chi connectivity index (χ0n) is 19.1. The molecule has 0 amide bonds. The number of hydrogen-bond acceptors (Lipinski definition) is 7. The van der Waals surface area contributed by atoms with Gasteiger partial charge in [-0.1, -0.05) is 23.7 Å². The fourth-order valence-electron chi connectivity index (χ4n) is 3.86. The first-order valence-corrected chi connectivity index (χ1v) is 11.1. The van der Waals surface area contributed by atoms with Gasteiger partial charge in [0.1, 0.15) is 0 Å². The van der Waals surface area contributed by atoms with Crippen molar-refractivity contribution < 1.29 is 24.1 Å². The molecule has 1 fully saturated rings. The molecule has 32 heavy (non-hydrogen) atoms. The second-order valence-electron chi connectivity index (χ2n) is 7.91. The van der Waals surface area contributed by atoms with Crippen molar-refractivity contribution in [2.24, 2.45) is 0 Å². The molecule has 0 bridgehead atoms. The van der Waals surface area contributed by atoms with E-state index in [0.717, 1.165) is 43.3 Å². The number of ether oxygens (including phenoxy) is 4. The Labute approximate surface area is 195 Å².